The van der Waals surface area contributed by atoms with Crippen LogP contribution in [0.25, 0.3) is 11.4 Å². The van der Waals surface area contributed by atoms with E-state index in [1.54, 1.807) is 43.4 Å². The normalized spacial score (nSPS) is 11.5. The zero-order valence-electron chi connectivity index (χ0n) is 13.0. The minimum absolute atomic E-state index is 0.0513. The highest BCUT2D eigenvalue weighted by Gasteiger charge is 2.21. The fourth-order valence-corrected chi connectivity index (χ4v) is 3.18. The fraction of sp³-hybridized carbons (Fsp3) is 0.125. The van der Waals surface area contributed by atoms with Gasteiger partial charge in [-0.2, -0.15) is 13.4 Å². The van der Waals surface area contributed by atoms with Crippen LogP contribution in [0, 0.1) is 6.92 Å². The van der Waals surface area contributed by atoms with Crippen molar-refractivity contribution >= 4 is 21.7 Å². The van der Waals surface area contributed by atoms with Crippen LogP contribution in [-0.2, 0) is 17.2 Å². The first-order valence-corrected chi connectivity index (χ1v) is 8.82. The third kappa shape index (κ3) is 3.27. The molecule has 1 heterocycles. The Kier molecular flexibility index (Phi) is 4.29. The summed E-state index contributed by atoms with van der Waals surface area (Å²) >= 11 is 6.12. The van der Waals surface area contributed by atoms with Gasteiger partial charge in [0, 0.05) is 12.6 Å². The molecule has 0 fully saturated rings. The van der Waals surface area contributed by atoms with Gasteiger partial charge in [-0.1, -0.05) is 41.4 Å². The van der Waals surface area contributed by atoms with Gasteiger partial charge in [0.25, 0.3) is 0 Å². The quantitative estimate of drug-likeness (QED) is 0.665. The summed E-state index contributed by atoms with van der Waals surface area (Å²) in [6.45, 7) is 1.87. The van der Waals surface area contributed by atoms with Crippen LogP contribution in [0.15, 0.2) is 53.4 Å². The summed E-state index contributed by atoms with van der Waals surface area (Å²) in [5.74, 6) is 0.289. The van der Waals surface area contributed by atoms with Crippen LogP contribution in [0.1, 0.15) is 5.56 Å². The second kappa shape index (κ2) is 6.26. The van der Waals surface area contributed by atoms with Crippen molar-refractivity contribution in [3.63, 3.8) is 0 Å². The molecule has 0 unspecified atom stereocenters. The van der Waals surface area contributed by atoms with Gasteiger partial charge < -0.3 is 4.18 Å². The Morgan fingerprint density at radius 1 is 1.08 bits per heavy atom. The van der Waals surface area contributed by atoms with E-state index < -0.39 is 10.1 Å². The van der Waals surface area contributed by atoms with Crippen molar-refractivity contribution in [3.05, 3.63) is 59.1 Å². The molecule has 0 aliphatic rings. The first-order chi connectivity index (χ1) is 11.4. The first-order valence-electron chi connectivity index (χ1n) is 7.04. The molecule has 0 saturated carbocycles. The predicted molar refractivity (Wildman–Crippen MR) is 90.4 cm³/mol. The van der Waals surface area contributed by atoms with Gasteiger partial charge in [-0.15, -0.1) is 5.10 Å². The molecule has 0 N–H and O–H groups in total. The number of aryl methyl sites for hydroxylation is 2. The second-order valence-corrected chi connectivity index (χ2v) is 7.13. The molecule has 3 aromatic rings. The van der Waals surface area contributed by atoms with Gasteiger partial charge in [-0.25, -0.2) is 4.68 Å². The third-order valence-corrected chi connectivity index (χ3v) is 4.88. The molecule has 0 atom stereocenters. The van der Waals surface area contributed by atoms with E-state index in [2.05, 4.69) is 10.1 Å². The van der Waals surface area contributed by atoms with E-state index in [0.29, 0.717) is 10.6 Å². The summed E-state index contributed by atoms with van der Waals surface area (Å²) in [5.41, 5.74) is 1.55. The largest absolute Gasteiger partial charge is 0.341 e. The van der Waals surface area contributed by atoms with Crippen molar-refractivity contribution in [3.8, 4) is 17.4 Å². The van der Waals surface area contributed by atoms with Crippen LogP contribution < -0.4 is 4.18 Å². The van der Waals surface area contributed by atoms with Gasteiger partial charge in [0.15, 0.2) is 5.82 Å². The Morgan fingerprint density at radius 3 is 2.42 bits per heavy atom. The van der Waals surface area contributed by atoms with Gasteiger partial charge in [0.2, 0.25) is 0 Å². The number of rotatable bonds is 4. The molecule has 2 aromatic carbocycles. The SMILES string of the molecule is Cc1ccc(S(=O)(=O)Oc2nc(-c3ccccc3Cl)nn2C)cc1. The van der Waals surface area contributed by atoms with Crippen molar-refractivity contribution in [2.45, 2.75) is 11.8 Å². The zero-order valence-corrected chi connectivity index (χ0v) is 14.5. The maximum absolute atomic E-state index is 12.3. The monoisotopic (exact) mass is 363 g/mol. The smallest absolute Gasteiger partial charge is 0.340 e. The molecular formula is C16H14ClN3O3S. The summed E-state index contributed by atoms with van der Waals surface area (Å²) in [5, 5.41) is 4.63. The number of hydrogen-bond acceptors (Lipinski definition) is 5. The van der Waals surface area contributed by atoms with Crippen LogP contribution in [-0.4, -0.2) is 23.2 Å². The third-order valence-electron chi connectivity index (χ3n) is 3.33. The summed E-state index contributed by atoms with van der Waals surface area (Å²) < 4.78 is 31.1. The van der Waals surface area contributed by atoms with Gasteiger partial charge in [0.1, 0.15) is 4.90 Å². The van der Waals surface area contributed by atoms with E-state index in [4.69, 9.17) is 15.8 Å². The fourth-order valence-electron chi connectivity index (χ4n) is 2.05. The Labute approximate surface area is 144 Å². The first kappa shape index (κ1) is 16.5. The van der Waals surface area contributed by atoms with Crippen LogP contribution in [0.5, 0.6) is 6.01 Å². The minimum atomic E-state index is -3.99. The molecule has 24 heavy (non-hydrogen) atoms. The van der Waals surface area contributed by atoms with Crippen LogP contribution in [0.3, 0.4) is 0 Å². The molecule has 6 nitrogen and oxygen atoms in total. The second-order valence-electron chi connectivity index (χ2n) is 5.17. The van der Waals surface area contributed by atoms with Gasteiger partial charge in [-0.05, 0) is 31.2 Å². The number of nitrogens with zero attached hydrogens (tertiary/aromatic N) is 3. The Morgan fingerprint density at radius 2 is 1.75 bits per heavy atom. The van der Waals surface area contributed by atoms with E-state index in [1.807, 2.05) is 6.92 Å². The van der Waals surface area contributed by atoms with Gasteiger partial charge >= 0.3 is 16.1 Å². The lowest BCUT2D eigenvalue weighted by Gasteiger charge is -2.05. The highest BCUT2D eigenvalue weighted by atomic mass is 35.5. The summed E-state index contributed by atoms with van der Waals surface area (Å²) in [6.07, 6.45) is 0. The van der Waals surface area contributed by atoms with Crippen molar-refractivity contribution in [1.29, 1.82) is 0 Å². The lowest BCUT2D eigenvalue weighted by atomic mass is 10.2. The number of hydrogen-bond donors (Lipinski definition) is 0. The van der Waals surface area contributed by atoms with E-state index >= 15 is 0 Å². The number of halogens is 1. The molecule has 0 spiro atoms. The highest BCUT2D eigenvalue weighted by molar-refractivity contribution is 7.87. The van der Waals surface area contributed by atoms with Crippen LogP contribution in [0.2, 0.25) is 5.02 Å². The molecule has 1 aromatic heterocycles. The summed E-state index contributed by atoms with van der Waals surface area (Å²) in [7, 11) is -2.44. The molecule has 3 rings (SSSR count). The molecule has 0 amide bonds. The summed E-state index contributed by atoms with van der Waals surface area (Å²) in [6, 6.07) is 13.3. The maximum atomic E-state index is 12.3. The van der Waals surface area contributed by atoms with E-state index in [9.17, 15) is 8.42 Å². The topological polar surface area (TPSA) is 74.1 Å². The van der Waals surface area contributed by atoms with Gasteiger partial charge in [0.05, 0.1) is 5.02 Å². The van der Waals surface area contributed by atoms with Crippen molar-refractivity contribution in [2.24, 2.45) is 7.05 Å². The summed E-state index contributed by atoms with van der Waals surface area (Å²) in [4.78, 5) is 4.19. The lowest BCUT2D eigenvalue weighted by molar-refractivity contribution is 0.444. The lowest BCUT2D eigenvalue weighted by Crippen LogP contribution is -2.12. The van der Waals surface area contributed by atoms with Crippen LogP contribution in [0.4, 0.5) is 0 Å². The molecule has 0 saturated heterocycles. The average molecular weight is 364 g/mol. The molecule has 0 radical (unpaired) electrons. The molecule has 124 valence electrons. The standard InChI is InChI=1S/C16H14ClN3O3S/c1-11-7-9-12(10-8-11)24(21,22)23-16-18-15(19-20(16)2)13-5-3-4-6-14(13)17/h3-10H,1-2H3. The predicted octanol–water partition coefficient (Wildman–Crippen LogP) is 3.21. The molecule has 8 heteroatoms. The maximum Gasteiger partial charge on any atom is 0.341 e. The van der Waals surface area contributed by atoms with Crippen LogP contribution >= 0.6 is 11.6 Å². The average Bonchev–Trinajstić information content (AvgIpc) is 2.88. The van der Waals surface area contributed by atoms with E-state index in [1.165, 1.54) is 16.8 Å². The van der Waals surface area contributed by atoms with E-state index in [0.717, 1.165) is 5.56 Å². The molecule has 0 bridgehead atoms. The zero-order chi connectivity index (χ0) is 17.3. The molecular weight excluding hydrogens is 350 g/mol. The Bertz CT molecular complexity index is 982. The Hall–Kier alpha value is -2.38. The molecule has 0 aliphatic carbocycles. The minimum Gasteiger partial charge on any atom is -0.340 e. The van der Waals surface area contributed by atoms with Crippen molar-refractivity contribution < 1.29 is 12.6 Å². The number of benzene rings is 2. The molecule has 0 aliphatic heterocycles. The van der Waals surface area contributed by atoms with Gasteiger partial charge in [-0.3, -0.25) is 0 Å². The Balaban J connectivity index is 1.94. The highest BCUT2D eigenvalue weighted by Crippen LogP contribution is 2.27. The van der Waals surface area contributed by atoms with Crippen molar-refractivity contribution in [1.82, 2.24) is 14.8 Å². The number of aromatic nitrogens is 3. The van der Waals surface area contributed by atoms with Crippen molar-refractivity contribution in [2.75, 3.05) is 0 Å². The van der Waals surface area contributed by atoms with E-state index in [-0.39, 0.29) is 16.7 Å².